The van der Waals surface area contributed by atoms with Gasteiger partial charge in [0.2, 0.25) is 0 Å². The molecule has 0 unspecified atom stereocenters. The van der Waals surface area contributed by atoms with Crippen molar-refractivity contribution >= 4 is 16.3 Å². The second-order valence-corrected chi connectivity index (χ2v) is 15.3. The van der Waals surface area contributed by atoms with Crippen LogP contribution < -0.4 is 0 Å². The lowest BCUT2D eigenvalue weighted by Gasteiger charge is -2.22. The first-order valence-corrected chi connectivity index (χ1v) is 19.3. The maximum absolute atomic E-state index is 5.10. The van der Waals surface area contributed by atoms with E-state index in [9.17, 15) is 0 Å². The highest BCUT2D eigenvalue weighted by Gasteiger charge is 2.35. The Hall–Kier alpha value is -6.64. The van der Waals surface area contributed by atoms with Crippen LogP contribution in [0.4, 0.5) is 0 Å². The van der Waals surface area contributed by atoms with E-state index in [1.54, 1.807) is 0 Å². The van der Waals surface area contributed by atoms with Gasteiger partial charge in [-0.1, -0.05) is 178 Å². The highest BCUT2D eigenvalue weighted by Crippen LogP contribution is 2.49. The molecular formula is C53H40N2. The zero-order valence-electron chi connectivity index (χ0n) is 31.1. The van der Waals surface area contributed by atoms with Gasteiger partial charge in [-0.25, -0.2) is 9.97 Å². The summed E-state index contributed by atoms with van der Waals surface area (Å²) in [5.74, 6) is 0.769. The summed E-state index contributed by atoms with van der Waals surface area (Å²) in [6.07, 6.45) is 8.67. The van der Waals surface area contributed by atoms with E-state index < -0.39 is 0 Å². The van der Waals surface area contributed by atoms with Crippen LogP contribution in [0.3, 0.4) is 0 Å². The summed E-state index contributed by atoms with van der Waals surface area (Å²) in [6.45, 7) is 4.70. The lowest BCUT2D eigenvalue weighted by atomic mass is 9.81. The monoisotopic (exact) mass is 704 g/mol. The second-order valence-electron chi connectivity index (χ2n) is 15.3. The van der Waals surface area contributed by atoms with Crippen LogP contribution in [-0.4, -0.2) is 9.97 Å². The van der Waals surface area contributed by atoms with E-state index >= 15 is 0 Å². The zero-order valence-corrected chi connectivity index (χ0v) is 31.1. The molecule has 2 heteroatoms. The Labute approximate surface area is 323 Å². The van der Waals surface area contributed by atoms with Crippen LogP contribution in [0.2, 0.25) is 0 Å². The van der Waals surface area contributed by atoms with Crippen molar-refractivity contribution in [2.24, 2.45) is 0 Å². The number of hydrogen-bond acceptors (Lipinski definition) is 2. The maximum atomic E-state index is 5.10. The molecule has 10 rings (SSSR count). The molecule has 55 heavy (non-hydrogen) atoms. The number of rotatable bonds is 6. The molecule has 2 aliphatic carbocycles. The highest BCUT2D eigenvalue weighted by atomic mass is 14.9. The van der Waals surface area contributed by atoms with Crippen LogP contribution in [0.15, 0.2) is 182 Å². The number of hydrogen-bond donors (Lipinski definition) is 0. The molecule has 0 saturated carbocycles. The lowest BCUT2D eigenvalue weighted by Crippen LogP contribution is -2.14. The molecule has 262 valence electrons. The summed E-state index contributed by atoms with van der Waals surface area (Å²) in [5, 5.41) is 2.48. The van der Waals surface area contributed by atoms with Gasteiger partial charge in [0.1, 0.15) is 0 Å². The SMILES string of the molecule is CC1(C)c2ccccc2-c2ccc(-c3cccc(-c4cccc5cccc(-c6ccc(-c7cc(-c8ccccc8)nc(C8=CCCC=C8)n7)cc6)c45)c3)cc21. The summed E-state index contributed by atoms with van der Waals surface area (Å²) in [5.41, 5.74) is 17.9. The lowest BCUT2D eigenvalue weighted by molar-refractivity contribution is 0.660. The van der Waals surface area contributed by atoms with Gasteiger partial charge >= 0.3 is 0 Å². The van der Waals surface area contributed by atoms with E-state index in [2.05, 4.69) is 190 Å². The van der Waals surface area contributed by atoms with Gasteiger partial charge in [-0.3, -0.25) is 0 Å². The van der Waals surface area contributed by atoms with Crippen molar-refractivity contribution in [3.8, 4) is 67.0 Å². The molecule has 0 atom stereocenters. The van der Waals surface area contributed by atoms with Crippen LogP contribution in [0.1, 0.15) is 43.6 Å². The van der Waals surface area contributed by atoms with E-state index in [4.69, 9.17) is 9.97 Å². The minimum Gasteiger partial charge on any atom is -0.228 e. The predicted octanol–water partition coefficient (Wildman–Crippen LogP) is 14.0. The Morgan fingerprint density at radius 1 is 0.436 bits per heavy atom. The molecule has 1 heterocycles. The first-order valence-electron chi connectivity index (χ1n) is 19.3. The van der Waals surface area contributed by atoms with Gasteiger partial charge in [0, 0.05) is 22.1 Å². The molecule has 0 radical (unpaired) electrons. The average Bonchev–Trinajstić information content (AvgIpc) is 3.49. The molecule has 0 amide bonds. The molecule has 0 fully saturated rings. The molecule has 7 aromatic carbocycles. The normalized spacial score (nSPS) is 14.0. The number of nitrogens with zero attached hydrogens (tertiary/aromatic N) is 2. The van der Waals surface area contributed by atoms with Crippen molar-refractivity contribution in [1.29, 1.82) is 0 Å². The molecule has 1 aromatic heterocycles. The van der Waals surface area contributed by atoms with Crippen LogP contribution >= 0.6 is 0 Å². The molecule has 8 aromatic rings. The summed E-state index contributed by atoms with van der Waals surface area (Å²) < 4.78 is 0. The van der Waals surface area contributed by atoms with Crippen LogP contribution in [-0.2, 0) is 5.41 Å². The van der Waals surface area contributed by atoms with Gasteiger partial charge < -0.3 is 0 Å². The molecule has 0 aliphatic heterocycles. The molecule has 2 aliphatic rings. The van der Waals surface area contributed by atoms with Crippen LogP contribution in [0.25, 0.3) is 83.4 Å². The molecule has 2 nitrogen and oxygen atoms in total. The quantitative estimate of drug-likeness (QED) is 0.172. The van der Waals surface area contributed by atoms with Gasteiger partial charge in [-0.05, 0) is 97.4 Å². The molecule has 0 spiro atoms. The molecule has 0 bridgehead atoms. The van der Waals surface area contributed by atoms with E-state index in [1.807, 2.05) is 6.07 Å². The third kappa shape index (κ3) is 5.82. The Balaban J connectivity index is 1.03. The number of allylic oxidation sites excluding steroid dienone is 4. The standard InChI is InChI=1S/C53H40N2/c1-53(2)47-25-10-9-22-45(47)46-31-30-41(33-48(46)53)40-20-11-21-42(32-40)44-24-13-19-38-18-12-23-43(51(38)44)35-26-28-37(29-27-35)50-34-49(36-14-5-3-6-15-36)54-52(55-50)39-16-7-4-8-17-39/h3,5-7,9-34H,4,8H2,1-2H3. The number of fused-ring (bicyclic) bond motifs is 4. The van der Waals surface area contributed by atoms with Crippen molar-refractivity contribution in [2.45, 2.75) is 32.1 Å². The summed E-state index contributed by atoms with van der Waals surface area (Å²) in [4.78, 5) is 10.1. The van der Waals surface area contributed by atoms with Gasteiger partial charge in [0.05, 0.1) is 11.4 Å². The maximum Gasteiger partial charge on any atom is 0.160 e. The number of benzene rings is 7. The van der Waals surface area contributed by atoms with E-state index in [-0.39, 0.29) is 5.41 Å². The van der Waals surface area contributed by atoms with Crippen molar-refractivity contribution < 1.29 is 0 Å². The van der Waals surface area contributed by atoms with E-state index in [0.717, 1.165) is 46.8 Å². The minimum atomic E-state index is -0.0378. The van der Waals surface area contributed by atoms with Crippen molar-refractivity contribution in [3.05, 3.63) is 199 Å². The first-order chi connectivity index (χ1) is 27.0. The summed E-state index contributed by atoms with van der Waals surface area (Å²) in [6, 6.07) is 59.7. The minimum absolute atomic E-state index is 0.0378. The van der Waals surface area contributed by atoms with Gasteiger partial charge in [-0.2, -0.15) is 0 Å². The van der Waals surface area contributed by atoms with E-state index in [1.165, 1.54) is 66.4 Å². The fraction of sp³-hybridized carbons (Fsp3) is 0.0943. The third-order valence-corrected chi connectivity index (χ3v) is 11.5. The number of aromatic nitrogens is 2. The topological polar surface area (TPSA) is 25.8 Å². The smallest absolute Gasteiger partial charge is 0.160 e. The highest BCUT2D eigenvalue weighted by molar-refractivity contribution is 6.07. The fourth-order valence-corrected chi connectivity index (χ4v) is 8.65. The van der Waals surface area contributed by atoms with Gasteiger partial charge in [0.15, 0.2) is 5.82 Å². The Morgan fingerprint density at radius 3 is 1.78 bits per heavy atom. The molecule has 0 N–H and O–H groups in total. The first kappa shape index (κ1) is 33.0. The predicted molar refractivity (Wildman–Crippen MR) is 231 cm³/mol. The second kappa shape index (κ2) is 13.3. The Kier molecular flexibility index (Phi) is 7.99. The van der Waals surface area contributed by atoms with Crippen molar-refractivity contribution in [1.82, 2.24) is 9.97 Å². The largest absolute Gasteiger partial charge is 0.228 e. The fourth-order valence-electron chi connectivity index (χ4n) is 8.65. The Bertz CT molecular complexity index is 2820. The Morgan fingerprint density at radius 2 is 1.02 bits per heavy atom. The molecule has 0 saturated heterocycles. The van der Waals surface area contributed by atoms with Gasteiger partial charge in [-0.15, -0.1) is 0 Å². The average molecular weight is 705 g/mol. The van der Waals surface area contributed by atoms with Crippen molar-refractivity contribution in [2.75, 3.05) is 0 Å². The van der Waals surface area contributed by atoms with Gasteiger partial charge in [0.25, 0.3) is 0 Å². The zero-order chi connectivity index (χ0) is 36.9. The molecular weight excluding hydrogens is 665 g/mol. The van der Waals surface area contributed by atoms with Crippen LogP contribution in [0.5, 0.6) is 0 Å². The van der Waals surface area contributed by atoms with Crippen LogP contribution in [0, 0.1) is 0 Å². The van der Waals surface area contributed by atoms with Crippen molar-refractivity contribution in [3.63, 3.8) is 0 Å². The summed E-state index contributed by atoms with van der Waals surface area (Å²) >= 11 is 0. The van der Waals surface area contributed by atoms with E-state index in [0.29, 0.717) is 0 Å². The third-order valence-electron chi connectivity index (χ3n) is 11.5. The summed E-state index contributed by atoms with van der Waals surface area (Å²) in [7, 11) is 0.